The first-order valence-electron chi connectivity index (χ1n) is 6.28. The van der Waals surface area contributed by atoms with E-state index in [1.54, 1.807) is 0 Å². The van der Waals surface area contributed by atoms with Crippen molar-refractivity contribution in [2.24, 2.45) is 0 Å². The number of rotatable bonds is 5. The van der Waals surface area contributed by atoms with Gasteiger partial charge in [-0.3, -0.25) is 9.48 Å². The number of hydrogen-bond acceptors (Lipinski definition) is 4. The number of aromatic nitrogens is 2. The van der Waals surface area contributed by atoms with Gasteiger partial charge < -0.3 is 5.32 Å². The van der Waals surface area contributed by atoms with E-state index >= 15 is 0 Å². The molecule has 112 valence electrons. The summed E-state index contributed by atoms with van der Waals surface area (Å²) in [5.74, 6) is -0.382. The minimum atomic E-state index is -3.39. The smallest absolute Gasteiger partial charge is 0.242 e. The van der Waals surface area contributed by atoms with Gasteiger partial charge in [0, 0.05) is 12.7 Å². The van der Waals surface area contributed by atoms with Crippen molar-refractivity contribution < 1.29 is 17.6 Å². The molecule has 0 aliphatic carbocycles. The highest BCUT2D eigenvalue weighted by Crippen LogP contribution is 2.21. The number of aryl methyl sites for hydroxylation is 1. The Hall–Kier alpha value is -1.48. The van der Waals surface area contributed by atoms with E-state index in [1.807, 2.05) is 0 Å². The summed E-state index contributed by atoms with van der Waals surface area (Å²) in [6, 6.07) is -0.686. The maximum atomic E-state index is 12.2. The SMILES string of the molecule is CS(=O)(=O)N1CCCC1C(=O)Nc1cnn(CCF)c1. The standard InChI is InChI=1S/C11H17FN4O3S/c1-20(18,19)16-5-2-3-10(16)11(17)14-9-7-13-15(8-9)6-4-12/h7-8,10H,2-6H2,1H3,(H,14,17). The van der Waals surface area contributed by atoms with Gasteiger partial charge in [0.05, 0.1) is 24.7 Å². The maximum absolute atomic E-state index is 12.2. The molecular formula is C11H17FN4O3S. The van der Waals surface area contributed by atoms with Crippen molar-refractivity contribution in [1.29, 1.82) is 0 Å². The molecule has 0 radical (unpaired) electrons. The molecule has 1 fully saturated rings. The Balaban J connectivity index is 2.03. The second-order valence-corrected chi connectivity index (χ2v) is 6.64. The summed E-state index contributed by atoms with van der Waals surface area (Å²) in [6.07, 6.45) is 5.17. The van der Waals surface area contributed by atoms with Crippen LogP contribution in [0.4, 0.5) is 10.1 Å². The Labute approximate surface area is 116 Å². The fourth-order valence-electron chi connectivity index (χ4n) is 2.26. The Morgan fingerprint density at radius 2 is 2.35 bits per heavy atom. The second-order valence-electron chi connectivity index (χ2n) is 4.70. The number of sulfonamides is 1. The van der Waals surface area contributed by atoms with Crippen LogP contribution in [0.3, 0.4) is 0 Å². The highest BCUT2D eigenvalue weighted by molar-refractivity contribution is 7.88. The summed E-state index contributed by atoms with van der Waals surface area (Å²) in [5.41, 5.74) is 0.434. The van der Waals surface area contributed by atoms with Gasteiger partial charge in [0.1, 0.15) is 12.7 Å². The molecule has 20 heavy (non-hydrogen) atoms. The third-order valence-electron chi connectivity index (χ3n) is 3.15. The fraction of sp³-hybridized carbons (Fsp3) is 0.636. The fourth-order valence-corrected chi connectivity index (χ4v) is 3.39. The molecule has 1 amide bonds. The van der Waals surface area contributed by atoms with Gasteiger partial charge in [-0.1, -0.05) is 0 Å². The molecule has 1 aromatic heterocycles. The number of hydrogen-bond donors (Lipinski definition) is 1. The second kappa shape index (κ2) is 5.88. The molecule has 0 saturated carbocycles. The topological polar surface area (TPSA) is 84.3 Å². The molecule has 0 bridgehead atoms. The van der Waals surface area contributed by atoms with Gasteiger partial charge in [-0.05, 0) is 12.8 Å². The first kappa shape index (κ1) is 14.9. The van der Waals surface area contributed by atoms with Crippen LogP contribution < -0.4 is 5.32 Å². The molecule has 1 unspecified atom stereocenters. The number of alkyl halides is 1. The van der Waals surface area contributed by atoms with Gasteiger partial charge in [-0.2, -0.15) is 9.40 Å². The molecule has 1 N–H and O–H groups in total. The summed E-state index contributed by atoms with van der Waals surface area (Å²) < 4.78 is 37.9. The number of nitrogens with one attached hydrogen (secondary N) is 1. The summed E-state index contributed by atoms with van der Waals surface area (Å²) in [7, 11) is -3.39. The minimum Gasteiger partial charge on any atom is -0.322 e. The lowest BCUT2D eigenvalue weighted by atomic mass is 10.2. The van der Waals surface area contributed by atoms with Crippen molar-refractivity contribution in [2.75, 3.05) is 24.8 Å². The Kier molecular flexibility index (Phi) is 4.39. The van der Waals surface area contributed by atoms with Crippen LogP contribution in [-0.2, 0) is 21.4 Å². The zero-order valence-electron chi connectivity index (χ0n) is 11.1. The lowest BCUT2D eigenvalue weighted by molar-refractivity contribution is -0.119. The lowest BCUT2D eigenvalue weighted by Gasteiger charge is -2.20. The van der Waals surface area contributed by atoms with E-state index in [2.05, 4.69) is 10.4 Å². The van der Waals surface area contributed by atoms with Crippen molar-refractivity contribution in [3.05, 3.63) is 12.4 Å². The Morgan fingerprint density at radius 3 is 3.00 bits per heavy atom. The van der Waals surface area contributed by atoms with Crippen LogP contribution in [-0.4, -0.2) is 53.9 Å². The van der Waals surface area contributed by atoms with Crippen molar-refractivity contribution >= 4 is 21.6 Å². The van der Waals surface area contributed by atoms with Gasteiger partial charge in [0.15, 0.2) is 0 Å². The summed E-state index contributed by atoms with van der Waals surface area (Å²) in [4.78, 5) is 12.1. The van der Waals surface area contributed by atoms with E-state index in [1.165, 1.54) is 21.4 Å². The summed E-state index contributed by atoms with van der Waals surface area (Å²) in [6.45, 7) is -0.0632. The number of carbonyl (C=O) groups is 1. The number of halogens is 1. The largest absolute Gasteiger partial charge is 0.322 e. The molecule has 1 atom stereocenters. The van der Waals surface area contributed by atoms with Crippen LogP contribution >= 0.6 is 0 Å². The van der Waals surface area contributed by atoms with Crippen LogP contribution in [0.25, 0.3) is 0 Å². The maximum Gasteiger partial charge on any atom is 0.242 e. The zero-order chi connectivity index (χ0) is 14.8. The normalized spacial score (nSPS) is 20.2. The molecule has 0 aromatic carbocycles. The van der Waals surface area contributed by atoms with E-state index < -0.39 is 22.7 Å². The molecule has 2 heterocycles. The number of anilines is 1. The lowest BCUT2D eigenvalue weighted by Crippen LogP contribution is -2.42. The Morgan fingerprint density at radius 1 is 1.60 bits per heavy atom. The van der Waals surface area contributed by atoms with Gasteiger partial charge in [-0.15, -0.1) is 0 Å². The third kappa shape index (κ3) is 3.34. The van der Waals surface area contributed by atoms with E-state index in [4.69, 9.17) is 0 Å². The molecule has 0 spiro atoms. The minimum absolute atomic E-state index is 0.120. The predicted molar refractivity (Wildman–Crippen MR) is 71.4 cm³/mol. The van der Waals surface area contributed by atoms with Crippen LogP contribution in [0.5, 0.6) is 0 Å². The van der Waals surface area contributed by atoms with Crippen LogP contribution in [0.15, 0.2) is 12.4 Å². The first-order valence-corrected chi connectivity index (χ1v) is 8.13. The summed E-state index contributed by atoms with van der Waals surface area (Å²) in [5, 5.41) is 6.50. The molecule has 1 saturated heterocycles. The average molecular weight is 304 g/mol. The first-order chi connectivity index (χ1) is 9.41. The van der Waals surface area contributed by atoms with Crippen LogP contribution in [0.2, 0.25) is 0 Å². The predicted octanol–water partition coefficient (Wildman–Crippen LogP) is 0.215. The molecule has 7 nitrogen and oxygen atoms in total. The van der Waals surface area contributed by atoms with Gasteiger partial charge >= 0.3 is 0 Å². The van der Waals surface area contributed by atoms with E-state index in [0.29, 0.717) is 25.1 Å². The van der Waals surface area contributed by atoms with Crippen molar-refractivity contribution in [2.45, 2.75) is 25.4 Å². The average Bonchev–Trinajstić information content (AvgIpc) is 2.97. The molecule has 1 aliphatic heterocycles. The number of amides is 1. The number of nitrogens with zero attached hydrogens (tertiary/aromatic N) is 3. The molecule has 1 aliphatic rings. The molecule has 9 heteroatoms. The zero-order valence-corrected chi connectivity index (χ0v) is 11.9. The molecular weight excluding hydrogens is 287 g/mol. The Bertz CT molecular complexity index is 586. The van der Waals surface area contributed by atoms with E-state index in [-0.39, 0.29) is 12.5 Å². The van der Waals surface area contributed by atoms with Crippen molar-refractivity contribution in [3.63, 3.8) is 0 Å². The number of carbonyl (C=O) groups excluding carboxylic acids is 1. The van der Waals surface area contributed by atoms with Gasteiger partial charge in [-0.25, -0.2) is 12.8 Å². The quantitative estimate of drug-likeness (QED) is 0.843. The van der Waals surface area contributed by atoms with Crippen molar-refractivity contribution in [1.82, 2.24) is 14.1 Å². The third-order valence-corrected chi connectivity index (χ3v) is 4.44. The summed E-state index contributed by atoms with van der Waals surface area (Å²) >= 11 is 0. The van der Waals surface area contributed by atoms with E-state index in [9.17, 15) is 17.6 Å². The van der Waals surface area contributed by atoms with E-state index in [0.717, 1.165) is 6.26 Å². The highest BCUT2D eigenvalue weighted by Gasteiger charge is 2.36. The molecule has 2 rings (SSSR count). The van der Waals surface area contributed by atoms with Crippen LogP contribution in [0.1, 0.15) is 12.8 Å². The van der Waals surface area contributed by atoms with Gasteiger partial charge in [0.2, 0.25) is 15.9 Å². The van der Waals surface area contributed by atoms with Crippen LogP contribution in [0, 0.1) is 0 Å². The molecule has 1 aromatic rings. The monoisotopic (exact) mass is 304 g/mol. The van der Waals surface area contributed by atoms with Gasteiger partial charge in [0.25, 0.3) is 0 Å². The van der Waals surface area contributed by atoms with Crippen molar-refractivity contribution in [3.8, 4) is 0 Å². The highest BCUT2D eigenvalue weighted by atomic mass is 32.2.